The monoisotopic (exact) mass is 359 g/mol. The lowest BCUT2D eigenvalue weighted by Crippen LogP contribution is -2.31. The smallest absolute Gasteiger partial charge is 0.338 e. The number of hydrogen-bond acceptors (Lipinski definition) is 4. The fraction of sp³-hybridized carbons (Fsp3) is 0.158. The minimum atomic E-state index is -0.991. The summed E-state index contributed by atoms with van der Waals surface area (Å²) in [6, 6.07) is 11.1. The quantitative estimate of drug-likeness (QED) is 0.705. The van der Waals surface area contributed by atoms with Crippen LogP contribution in [0.15, 0.2) is 52.9 Å². The largest absolute Gasteiger partial charge is 0.459 e. The van der Waals surface area contributed by atoms with Gasteiger partial charge in [0, 0.05) is 11.5 Å². The van der Waals surface area contributed by atoms with Crippen LogP contribution in [0.5, 0.6) is 0 Å². The van der Waals surface area contributed by atoms with Crippen molar-refractivity contribution in [2.75, 3.05) is 6.61 Å². The Labute approximate surface area is 147 Å². The number of esters is 1. The highest BCUT2D eigenvalue weighted by Crippen LogP contribution is 2.23. The molecule has 5 nitrogen and oxygen atoms in total. The molecule has 0 aliphatic carbocycles. The summed E-state index contributed by atoms with van der Waals surface area (Å²) in [5.41, 5.74) is 0.392. The minimum Gasteiger partial charge on any atom is -0.459 e. The summed E-state index contributed by atoms with van der Waals surface area (Å²) >= 11 is 0. The fourth-order valence-electron chi connectivity index (χ4n) is 2.46. The zero-order valence-electron chi connectivity index (χ0n) is 13.8. The number of hydrogen-bond donors (Lipinski definition) is 1. The highest BCUT2D eigenvalue weighted by atomic mass is 19.1. The van der Waals surface area contributed by atoms with E-state index in [1.54, 1.807) is 6.92 Å². The van der Waals surface area contributed by atoms with Crippen molar-refractivity contribution in [3.63, 3.8) is 0 Å². The molecule has 134 valence electrons. The first kappa shape index (κ1) is 17.6. The molecule has 1 atom stereocenters. The van der Waals surface area contributed by atoms with Crippen LogP contribution in [0.4, 0.5) is 8.78 Å². The second kappa shape index (κ2) is 7.35. The number of ether oxygens (including phenoxy) is 1. The minimum absolute atomic E-state index is 0.305. The van der Waals surface area contributed by atoms with Crippen molar-refractivity contribution in [2.24, 2.45) is 0 Å². The second-order valence-corrected chi connectivity index (χ2v) is 5.71. The van der Waals surface area contributed by atoms with E-state index in [1.165, 1.54) is 0 Å². The average molecular weight is 359 g/mol. The van der Waals surface area contributed by atoms with Gasteiger partial charge in [-0.1, -0.05) is 18.2 Å². The highest BCUT2D eigenvalue weighted by Gasteiger charge is 2.17. The average Bonchev–Trinajstić information content (AvgIpc) is 3.03. The number of para-hydroxylation sites is 1. The Morgan fingerprint density at radius 2 is 1.81 bits per heavy atom. The Morgan fingerprint density at radius 3 is 2.50 bits per heavy atom. The van der Waals surface area contributed by atoms with Crippen LogP contribution in [0, 0.1) is 11.6 Å². The highest BCUT2D eigenvalue weighted by molar-refractivity contribution is 5.91. The van der Waals surface area contributed by atoms with Gasteiger partial charge in [0.05, 0.1) is 11.6 Å². The number of nitrogens with one attached hydrogen (secondary N) is 1. The molecule has 3 rings (SSSR count). The molecule has 0 radical (unpaired) electrons. The van der Waals surface area contributed by atoms with Crippen LogP contribution in [0.3, 0.4) is 0 Å². The molecule has 0 aliphatic heterocycles. The molecule has 0 spiro atoms. The molecule has 1 N–H and O–H groups in total. The van der Waals surface area contributed by atoms with Crippen molar-refractivity contribution in [3.05, 3.63) is 71.5 Å². The van der Waals surface area contributed by atoms with Crippen molar-refractivity contribution < 1.29 is 27.5 Å². The van der Waals surface area contributed by atoms with Crippen LogP contribution in [-0.4, -0.2) is 18.5 Å². The molecule has 0 fully saturated rings. The molecule has 0 unspecified atom stereocenters. The number of halogens is 2. The van der Waals surface area contributed by atoms with Gasteiger partial charge in [0.15, 0.2) is 6.61 Å². The number of amides is 1. The molecule has 2 aromatic carbocycles. The molecule has 26 heavy (non-hydrogen) atoms. The number of carbonyl (C=O) groups is 2. The Morgan fingerprint density at radius 1 is 1.12 bits per heavy atom. The second-order valence-electron chi connectivity index (χ2n) is 5.71. The van der Waals surface area contributed by atoms with Crippen molar-refractivity contribution >= 4 is 22.8 Å². The van der Waals surface area contributed by atoms with Gasteiger partial charge in [0.1, 0.15) is 23.0 Å². The summed E-state index contributed by atoms with van der Waals surface area (Å²) in [5, 5.41) is 3.53. The normalized spacial score (nSPS) is 12.0. The van der Waals surface area contributed by atoms with E-state index in [9.17, 15) is 18.4 Å². The number of benzene rings is 2. The topological polar surface area (TPSA) is 68.5 Å². The van der Waals surface area contributed by atoms with Gasteiger partial charge in [-0.2, -0.15) is 0 Å². The number of rotatable bonds is 5. The van der Waals surface area contributed by atoms with Gasteiger partial charge >= 0.3 is 5.97 Å². The lowest BCUT2D eigenvalue weighted by molar-refractivity contribution is -0.125. The first-order valence-electron chi connectivity index (χ1n) is 7.83. The fourth-order valence-corrected chi connectivity index (χ4v) is 2.46. The van der Waals surface area contributed by atoms with Crippen molar-refractivity contribution in [3.8, 4) is 0 Å². The molecule has 1 aromatic heterocycles. The maximum Gasteiger partial charge on any atom is 0.338 e. The number of furan rings is 1. The Bertz CT molecular complexity index is 914. The zero-order chi connectivity index (χ0) is 18.7. The summed E-state index contributed by atoms with van der Waals surface area (Å²) < 4.78 is 36.6. The van der Waals surface area contributed by atoms with E-state index in [0.717, 1.165) is 17.5 Å². The van der Waals surface area contributed by atoms with E-state index in [2.05, 4.69) is 5.32 Å². The van der Waals surface area contributed by atoms with Gasteiger partial charge < -0.3 is 14.5 Å². The molecule has 1 heterocycles. The standard InChI is InChI=1S/C19H15F2NO4/c1-11(17-8-12-4-2-3-5-16(12)26-17)22-18(23)10-25-19(24)13-6-14(20)9-15(21)7-13/h2-9,11H,10H2,1H3,(H,22,23)/t11-/m1/s1. The van der Waals surface area contributed by atoms with Gasteiger partial charge in [-0.05, 0) is 31.2 Å². The SMILES string of the molecule is C[C@@H](NC(=O)COC(=O)c1cc(F)cc(F)c1)c1cc2ccccc2o1. The van der Waals surface area contributed by atoms with Crippen LogP contribution in [0.2, 0.25) is 0 Å². The number of carbonyl (C=O) groups excluding carboxylic acids is 2. The summed E-state index contributed by atoms with van der Waals surface area (Å²) in [6.45, 7) is 1.14. The van der Waals surface area contributed by atoms with Gasteiger partial charge in [-0.25, -0.2) is 13.6 Å². The first-order chi connectivity index (χ1) is 12.4. The summed E-state index contributed by atoms with van der Waals surface area (Å²) in [5.74, 6) is -2.81. The number of fused-ring (bicyclic) bond motifs is 1. The van der Waals surface area contributed by atoms with Crippen LogP contribution < -0.4 is 5.32 Å². The predicted molar refractivity (Wildman–Crippen MR) is 89.4 cm³/mol. The molecule has 1 amide bonds. The molecule has 3 aromatic rings. The van der Waals surface area contributed by atoms with Crippen molar-refractivity contribution in [1.29, 1.82) is 0 Å². The predicted octanol–water partition coefficient (Wildman–Crippen LogP) is 3.75. The van der Waals surface area contributed by atoms with Crippen LogP contribution in [-0.2, 0) is 9.53 Å². The van der Waals surface area contributed by atoms with Gasteiger partial charge in [-0.3, -0.25) is 4.79 Å². The van der Waals surface area contributed by atoms with Crippen molar-refractivity contribution in [1.82, 2.24) is 5.32 Å². The summed E-state index contributed by atoms with van der Waals surface area (Å²) in [7, 11) is 0. The maximum absolute atomic E-state index is 13.1. The van der Waals surface area contributed by atoms with E-state index in [-0.39, 0.29) is 5.56 Å². The Kier molecular flexibility index (Phi) is 4.97. The molecule has 0 bridgehead atoms. The van der Waals surface area contributed by atoms with Gasteiger partial charge in [0.25, 0.3) is 5.91 Å². The van der Waals surface area contributed by atoms with E-state index >= 15 is 0 Å². The van der Waals surface area contributed by atoms with E-state index < -0.39 is 36.2 Å². The Balaban J connectivity index is 1.57. The van der Waals surface area contributed by atoms with Gasteiger partial charge in [0.2, 0.25) is 0 Å². The van der Waals surface area contributed by atoms with E-state index in [0.29, 0.717) is 17.4 Å². The molecular formula is C19H15F2NO4. The molecule has 7 heteroatoms. The third kappa shape index (κ3) is 4.05. The summed E-state index contributed by atoms with van der Waals surface area (Å²) in [4.78, 5) is 23.7. The van der Waals surface area contributed by atoms with E-state index in [1.807, 2.05) is 30.3 Å². The molecular weight excluding hydrogens is 344 g/mol. The lowest BCUT2D eigenvalue weighted by Gasteiger charge is -2.11. The molecule has 0 saturated heterocycles. The van der Waals surface area contributed by atoms with Crippen LogP contribution >= 0.6 is 0 Å². The first-order valence-corrected chi connectivity index (χ1v) is 7.83. The molecule has 0 aliphatic rings. The summed E-state index contributed by atoms with van der Waals surface area (Å²) in [6.07, 6.45) is 0. The lowest BCUT2D eigenvalue weighted by atomic mass is 10.2. The van der Waals surface area contributed by atoms with Crippen molar-refractivity contribution in [2.45, 2.75) is 13.0 Å². The maximum atomic E-state index is 13.1. The Hall–Kier alpha value is -3.22. The zero-order valence-corrected chi connectivity index (χ0v) is 13.8. The third-order valence-electron chi connectivity index (χ3n) is 3.68. The van der Waals surface area contributed by atoms with Gasteiger partial charge in [-0.15, -0.1) is 0 Å². The molecule has 0 saturated carbocycles. The van der Waals surface area contributed by atoms with Crippen LogP contribution in [0.25, 0.3) is 11.0 Å². The van der Waals surface area contributed by atoms with E-state index in [4.69, 9.17) is 9.15 Å². The third-order valence-corrected chi connectivity index (χ3v) is 3.68. The van der Waals surface area contributed by atoms with Crippen LogP contribution in [0.1, 0.15) is 29.1 Å².